The van der Waals surface area contributed by atoms with Gasteiger partial charge < -0.3 is 19.3 Å². The van der Waals surface area contributed by atoms with E-state index in [1.807, 2.05) is 13.8 Å². The summed E-state index contributed by atoms with van der Waals surface area (Å²) < 4.78 is 17.9. The van der Waals surface area contributed by atoms with Crippen LogP contribution >= 0.6 is 0 Å². The number of hydrogen-bond acceptors (Lipinski definition) is 5. The van der Waals surface area contributed by atoms with Gasteiger partial charge >= 0.3 is 5.97 Å². The molecule has 1 aliphatic carbocycles. The summed E-state index contributed by atoms with van der Waals surface area (Å²) >= 11 is 0. The van der Waals surface area contributed by atoms with E-state index in [2.05, 4.69) is 6.92 Å². The van der Waals surface area contributed by atoms with Crippen molar-refractivity contribution in [1.82, 2.24) is 0 Å². The van der Waals surface area contributed by atoms with E-state index < -0.39 is 17.7 Å². The maximum absolute atomic E-state index is 12.1. The van der Waals surface area contributed by atoms with E-state index in [-0.39, 0.29) is 35.7 Å². The Kier molecular flexibility index (Phi) is 2.45. The van der Waals surface area contributed by atoms with Gasteiger partial charge in [0.15, 0.2) is 5.79 Å². The van der Waals surface area contributed by atoms with Crippen molar-refractivity contribution in [1.29, 1.82) is 0 Å². The van der Waals surface area contributed by atoms with E-state index >= 15 is 0 Å². The number of rotatable bonds is 0. The van der Waals surface area contributed by atoms with Crippen LogP contribution < -0.4 is 0 Å². The van der Waals surface area contributed by atoms with E-state index in [4.69, 9.17) is 14.2 Å². The average molecular weight is 282 g/mol. The molecule has 0 aromatic carbocycles. The lowest BCUT2D eigenvalue weighted by molar-refractivity contribution is -0.275. The van der Waals surface area contributed by atoms with Crippen LogP contribution in [0, 0.1) is 23.7 Å². The Hall–Kier alpha value is -0.650. The van der Waals surface area contributed by atoms with Crippen LogP contribution in [0.15, 0.2) is 0 Å². The van der Waals surface area contributed by atoms with E-state index in [1.54, 1.807) is 0 Å². The number of carbonyl (C=O) groups is 1. The van der Waals surface area contributed by atoms with Crippen molar-refractivity contribution in [3.05, 3.63) is 0 Å². The second-order valence-electron chi connectivity index (χ2n) is 7.18. The SMILES string of the molecule is C[C@@H]1[C@@H](O)C[C@H]2[C@H](C)C(=O)O[C@@H]3O[C@]4(C)CC[C@@H]1[C@]32O4. The van der Waals surface area contributed by atoms with Gasteiger partial charge in [-0.05, 0) is 31.6 Å². The zero-order valence-electron chi connectivity index (χ0n) is 12.2. The van der Waals surface area contributed by atoms with E-state index in [9.17, 15) is 9.90 Å². The molecule has 4 rings (SSSR count). The van der Waals surface area contributed by atoms with Gasteiger partial charge in [0.05, 0.1) is 12.0 Å². The van der Waals surface area contributed by atoms with E-state index in [1.165, 1.54) is 0 Å². The standard InChI is InChI=1S/C15H22O5/c1-7-9-4-5-14(3)19-13-15(9,20-14)10(6-11(7)16)8(2)12(17)18-13/h7-11,13,16H,4-6H2,1-3H3/t7-,8-,9-,10-,11-,13+,14-,15+/m0/s1. The molecule has 0 aromatic heterocycles. The summed E-state index contributed by atoms with van der Waals surface area (Å²) in [6, 6.07) is 0. The first-order chi connectivity index (χ1) is 9.37. The fraction of sp³-hybridized carbons (Fsp3) is 0.933. The Balaban J connectivity index is 1.84. The largest absolute Gasteiger partial charge is 0.432 e. The van der Waals surface area contributed by atoms with Crippen molar-refractivity contribution in [2.24, 2.45) is 23.7 Å². The van der Waals surface area contributed by atoms with Crippen molar-refractivity contribution < 1.29 is 24.1 Å². The predicted molar refractivity (Wildman–Crippen MR) is 68.4 cm³/mol. The van der Waals surface area contributed by atoms with Gasteiger partial charge in [0.1, 0.15) is 5.60 Å². The van der Waals surface area contributed by atoms with Gasteiger partial charge in [-0.25, -0.2) is 0 Å². The van der Waals surface area contributed by atoms with Crippen LogP contribution in [0.4, 0.5) is 0 Å². The second-order valence-corrected chi connectivity index (χ2v) is 7.18. The molecule has 5 heteroatoms. The number of esters is 1. The Bertz CT molecular complexity index is 465. The zero-order valence-corrected chi connectivity index (χ0v) is 12.2. The zero-order chi connectivity index (χ0) is 14.3. The fourth-order valence-electron chi connectivity index (χ4n) is 4.98. The highest BCUT2D eigenvalue weighted by atomic mass is 16.8. The third kappa shape index (κ3) is 1.36. The highest BCUT2D eigenvalue weighted by Gasteiger charge is 2.73. The molecule has 20 heavy (non-hydrogen) atoms. The van der Waals surface area contributed by atoms with E-state index in [0.717, 1.165) is 12.8 Å². The van der Waals surface area contributed by atoms with Crippen molar-refractivity contribution in [2.75, 3.05) is 0 Å². The van der Waals surface area contributed by atoms with Crippen molar-refractivity contribution in [3.8, 4) is 0 Å². The molecule has 3 saturated heterocycles. The van der Waals surface area contributed by atoms with Gasteiger partial charge in [-0.15, -0.1) is 0 Å². The van der Waals surface area contributed by atoms with Crippen molar-refractivity contribution in [2.45, 2.75) is 63.8 Å². The Labute approximate surface area is 118 Å². The minimum absolute atomic E-state index is 0.0212. The van der Waals surface area contributed by atoms with Crippen LogP contribution in [0.3, 0.4) is 0 Å². The van der Waals surface area contributed by atoms with Crippen molar-refractivity contribution in [3.63, 3.8) is 0 Å². The van der Waals surface area contributed by atoms with Crippen LogP contribution in [0.2, 0.25) is 0 Å². The molecule has 1 N–H and O–H groups in total. The molecule has 0 aromatic rings. The molecule has 0 radical (unpaired) electrons. The molecule has 1 saturated carbocycles. The summed E-state index contributed by atoms with van der Waals surface area (Å²) in [5, 5.41) is 10.4. The molecule has 8 atom stereocenters. The maximum atomic E-state index is 12.1. The number of ether oxygens (including phenoxy) is 3. The first-order valence-electron chi connectivity index (χ1n) is 7.64. The lowest BCUT2D eigenvalue weighted by Gasteiger charge is -2.57. The van der Waals surface area contributed by atoms with Gasteiger partial charge in [-0.3, -0.25) is 4.79 Å². The molecule has 1 spiro atoms. The Morgan fingerprint density at radius 2 is 2.05 bits per heavy atom. The van der Waals surface area contributed by atoms with Gasteiger partial charge in [-0.2, -0.15) is 0 Å². The summed E-state index contributed by atoms with van der Waals surface area (Å²) in [6.07, 6.45) is 1.34. The third-order valence-corrected chi connectivity index (χ3v) is 6.12. The predicted octanol–water partition coefficient (Wildman–Crippen LogP) is 1.43. The molecule has 112 valence electrons. The number of carbonyl (C=O) groups excluding carboxylic acids is 1. The summed E-state index contributed by atoms with van der Waals surface area (Å²) in [4.78, 5) is 12.1. The molecule has 0 amide bonds. The average Bonchev–Trinajstić information content (AvgIpc) is 2.61. The molecule has 4 fully saturated rings. The molecule has 4 aliphatic rings. The molecule has 3 aliphatic heterocycles. The first kappa shape index (κ1) is 13.0. The monoisotopic (exact) mass is 282 g/mol. The number of aliphatic hydroxyl groups excluding tert-OH is 1. The Morgan fingerprint density at radius 1 is 1.30 bits per heavy atom. The fourth-order valence-corrected chi connectivity index (χ4v) is 4.98. The number of hydrogen-bond donors (Lipinski definition) is 1. The Morgan fingerprint density at radius 3 is 2.80 bits per heavy atom. The highest BCUT2D eigenvalue weighted by Crippen LogP contribution is 2.62. The van der Waals surface area contributed by atoms with Gasteiger partial charge in [-0.1, -0.05) is 13.8 Å². The normalized spacial score (nSPS) is 60.9. The van der Waals surface area contributed by atoms with Crippen LogP contribution in [0.25, 0.3) is 0 Å². The molecule has 3 heterocycles. The first-order valence-corrected chi connectivity index (χ1v) is 7.64. The summed E-state index contributed by atoms with van der Waals surface area (Å²) in [6.45, 7) is 5.88. The molecule has 2 bridgehead atoms. The van der Waals surface area contributed by atoms with E-state index in [0.29, 0.717) is 6.42 Å². The summed E-state index contributed by atoms with van der Waals surface area (Å²) in [5.74, 6) is -0.819. The highest BCUT2D eigenvalue weighted by molar-refractivity contribution is 5.74. The molecule has 5 nitrogen and oxygen atoms in total. The van der Waals surface area contributed by atoms with Crippen molar-refractivity contribution >= 4 is 5.97 Å². The third-order valence-electron chi connectivity index (χ3n) is 6.12. The number of fused-ring (bicyclic) bond motifs is 1. The summed E-state index contributed by atoms with van der Waals surface area (Å²) in [7, 11) is 0. The topological polar surface area (TPSA) is 65.0 Å². The lowest BCUT2D eigenvalue weighted by atomic mass is 9.56. The smallest absolute Gasteiger partial charge is 0.311 e. The minimum Gasteiger partial charge on any atom is -0.432 e. The molecule has 0 unspecified atom stereocenters. The quantitative estimate of drug-likeness (QED) is 0.681. The second kappa shape index (κ2) is 3.76. The van der Waals surface area contributed by atoms with Gasteiger partial charge in [0, 0.05) is 12.3 Å². The summed E-state index contributed by atoms with van der Waals surface area (Å²) in [5.41, 5.74) is -0.557. The van der Waals surface area contributed by atoms with Gasteiger partial charge in [0.2, 0.25) is 6.29 Å². The maximum Gasteiger partial charge on any atom is 0.311 e. The lowest BCUT2D eigenvalue weighted by Crippen LogP contribution is -2.67. The van der Waals surface area contributed by atoms with Crippen LogP contribution in [-0.2, 0) is 19.0 Å². The van der Waals surface area contributed by atoms with Crippen LogP contribution in [0.1, 0.15) is 40.0 Å². The molecular formula is C15H22O5. The molecular weight excluding hydrogens is 260 g/mol. The van der Waals surface area contributed by atoms with Gasteiger partial charge in [0.25, 0.3) is 0 Å². The van der Waals surface area contributed by atoms with Crippen LogP contribution in [0.5, 0.6) is 0 Å². The minimum atomic E-state index is -0.647. The van der Waals surface area contributed by atoms with Crippen LogP contribution in [-0.4, -0.2) is 34.9 Å². The number of aliphatic hydroxyl groups is 1.